The largest absolute Gasteiger partial charge is 0.334 e. The SMILES string of the molecule is Cn1ccnc1-c1cc2c3ccccc3n(-c3cccc(-c4ccccn4)c3)c2cc1-c1nc2ccccc2s1. The van der Waals surface area contributed by atoms with E-state index in [1.54, 1.807) is 11.3 Å². The number of aromatic nitrogens is 5. The first-order valence-electron chi connectivity index (χ1n) is 13.2. The molecule has 0 amide bonds. The Morgan fingerprint density at radius 2 is 1.55 bits per heavy atom. The monoisotopic (exact) mass is 533 g/mol. The van der Waals surface area contributed by atoms with Crippen LogP contribution in [0.25, 0.3) is 70.9 Å². The third-order valence-corrected chi connectivity index (χ3v) is 8.53. The van der Waals surface area contributed by atoms with E-state index in [2.05, 4.69) is 99.0 Å². The van der Waals surface area contributed by atoms with E-state index in [1.165, 1.54) is 15.5 Å². The van der Waals surface area contributed by atoms with Crippen molar-refractivity contribution in [3.63, 3.8) is 0 Å². The summed E-state index contributed by atoms with van der Waals surface area (Å²) in [7, 11) is 2.04. The van der Waals surface area contributed by atoms with Gasteiger partial charge in [0, 0.05) is 58.8 Å². The van der Waals surface area contributed by atoms with Gasteiger partial charge in [0.1, 0.15) is 10.8 Å². The highest BCUT2D eigenvalue weighted by atomic mass is 32.1. The molecule has 4 heterocycles. The lowest BCUT2D eigenvalue weighted by molar-refractivity contribution is 0.925. The topological polar surface area (TPSA) is 48.5 Å². The first-order valence-corrected chi connectivity index (χ1v) is 14.0. The minimum absolute atomic E-state index is 0.921. The molecule has 0 saturated carbocycles. The molecule has 0 aliphatic rings. The van der Waals surface area contributed by atoms with Crippen LogP contribution < -0.4 is 0 Å². The van der Waals surface area contributed by atoms with Gasteiger partial charge < -0.3 is 9.13 Å². The standard InChI is InChI=1S/C34H23N5S/c1-38-18-17-36-33(38)26-20-25-24-11-2-4-14-30(24)39(23-10-8-9-22(19-23)28-12-6-7-16-35-28)31(25)21-27(26)34-37-29-13-3-5-15-32(29)40-34/h2-21H,1H3. The summed E-state index contributed by atoms with van der Waals surface area (Å²) in [4.78, 5) is 14.4. The van der Waals surface area contributed by atoms with Gasteiger partial charge in [0.2, 0.25) is 0 Å². The second-order valence-electron chi connectivity index (χ2n) is 9.88. The molecule has 0 aliphatic carbocycles. The van der Waals surface area contributed by atoms with Crippen molar-refractivity contribution in [1.82, 2.24) is 24.1 Å². The molecule has 0 N–H and O–H groups in total. The van der Waals surface area contributed by atoms with Crippen LogP contribution in [-0.4, -0.2) is 24.1 Å². The molecule has 0 unspecified atom stereocenters. The Balaban J connectivity index is 1.46. The molecule has 0 bridgehead atoms. The van der Waals surface area contributed by atoms with Crippen LogP contribution in [0.3, 0.4) is 0 Å². The number of aryl methyl sites for hydroxylation is 1. The predicted molar refractivity (Wildman–Crippen MR) is 165 cm³/mol. The molecule has 8 aromatic rings. The van der Waals surface area contributed by atoms with Crippen molar-refractivity contribution < 1.29 is 0 Å². The first-order chi connectivity index (χ1) is 19.7. The minimum atomic E-state index is 0.921. The lowest BCUT2D eigenvalue weighted by Crippen LogP contribution is -1.97. The molecule has 8 rings (SSSR count). The normalized spacial score (nSPS) is 11.6. The van der Waals surface area contributed by atoms with Crippen molar-refractivity contribution in [1.29, 1.82) is 0 Å². The summed E-state index contributed by atoms with van der Waals surface area (Å²) in [6.07, 6.45) is 5.69. The maximum atomic E-state index is 5.06. The number of hydrogen-bond acceptors (Lipinski definition) is 4. The van der Waals surface area contributed by atoms with E-state index in [9.17, 15) is 0 Å². The molecule has 0 fully saturated rings. The zero-order valence-corrected chi connectivity index (χ0v) is 22.5. The van der Waals surface area contributed by atoms with E-state index in [1.807, 2.05) is 43.8 Å². The van der Waals surface area contributed by atoms with Crippen LogP contribution in [0.1, 0.15) is 0 Å². The number of fused-ring (bicyclic) bond motifs is 4. The number of para-hydroxylation sites is 2. The highest BCUT2D eigenvalue weighted by molar-refractivity contribution is 7.21. The third kappa shape index (κ3) is 3.57. The zero-order valence-electron chi connectivity index (χ0n) is 21.7. The Bertz CT molecular complexity index is 2150. The summed E-state index contributed by atoms with van der Waals surface area (Å²) < 4.78 is 5.61. The molecular weight excluding hydrogens is 510 g/mol. The Labute approximate surface area is 234 Å². The molecule has 4 aromatic heterocycles. The van der Waals surface area contributed by atoms with E-state index in [4.69, 9.17) is 9.97 Å². The first kappa shape index (κ1) is 22.9. The van der Waals surface area contributed by atoms with Gasteiger partial charge in [-0.25, -0.2) is 9.97 Å². The van der Waals surface area contributed by atoms with E-state index < -0.39 is 0 Å². The lowest BCUT2D eigenvalue weighted by Gasteiger charge is -2.12. The summed E-state index contributed by atoms with van der Waals surface area (Å²) in [5.41, 5.74) is 8.58. The maximum absolute atomic E-state index is 5.06. The van der Waals surface area contributed by atoms with E-state index in [0.717, 1.165) is 55.5 Å². The number of benzene rings is 4. The average molecular weight is 534 g/mol. The second kappa shape index (κ2) is 9.00. The minimum Gasteiger partial charge on any atom is -0.334 e. The molecule has 4 aromatic carbocycles. The zero-order chi connectivity index (χ0) is 26.6. The number of thiazole rings is 1. The van der Waals surface area contributed by atoms with Gasteiger partial charge in [-0.3, -0.25) is 4.98 Å². The van der Waals surface area contributed by atoms with Crippen molar-refractivity contribution in [3.8, 4) is 38.9 Å². The van der Waals surface area contributed by atoms with Gasteiger partial charge in [0.15, 0.2) is 0 Å². The van der Waals surface area contributed by atoms with Crippen LogP contribution in [0.15, 0.2) is 122 Å². The summed E-state index contributed by atoms with van der Waals surface area (Å²) in [5, 5.41) is 3.37. The fourth-order valence-corrected chi connectivity index (χ4v) is 6.60. The Morgan fingerprint density at radius 3 is 2.40 bits per heavy atom. The molecule has 0 radical (unpaired) electrons. The van der Waals surface area contributed by atoms with Crippen molar-refractivity contribution >= 4 is 43.4 Å². The van der Waals surface area contributed by atoms with Gasteiger partial charge >= 0.3 is 0 Å². The van der Waals surface area contributed by atoms with E-state index >= 15 is 0 Å². The Kier molecular flexibility index (Phi) is 5.15. The highest BCUT2D eigenvalue weighted by Crippen LogP contribution is 2.42. The fraction of sp³-hybridized carbons (Fsp3) is 0.0294. The second-order valence-corrected chi connectivity index (χ2v) is 10.9. The molecule has 0 aliphatic heterocycles. The molecule has 5 nitrogen and oxygen atoms in total. The van der Waals surface area contributed by atoms with Gasteiger partial charge in [0.25, 0.3) is 0 Å². The molecule has 0 spiro atoms. The Hall–Kier alpha value is -5.07. The smallest absolute Gasteiger partial charge is 0.140 e. The van der Waals surface area contributed by atoms with Crippen molar-refractivity contribution in [2.75, 3.05) is 0 Å². The van der Waals surface area contributed by atoms with Crippen LogP contribution in [0.2, 0.25) is 0 Å². The van der Waals surface area contributed by atoms with E-state index in [-0.39, 0.29) is 0 Å². The van der Waals surface area contributed by atoms with Crippen molar-refractivity contribution in [3.05, 3.63) is 122 Å². The van der Waals surface area contributed by atoms with Gasteiger partial charge in [-0.1, -0.05) is 48.5 Å². The summed E-state index contributed by atoms with van der Waals surface area (Å²) >= 11 is 1.72. The number of pyridine rings is 1. The van der Waals surface area contributed by atoms with Gasteiger partial charge in [0.05, 0.1) is 26.9 Å². The number of imidazole rings is 1. The average Bonchev–Trinajstić information content (AvgIpc) is 3.72. The summed E-state index contributed by atoms with van der Waals surface area (Å²) in [6.45, 7) is 0. The Morgan fingerprint density at radius 1 is 0.675 bits per heavy atom. The number of hydrogen-bond donors (Lipinski definition) is 0. The van der Waals surface area contributed by atoms with Gasteiger partial charge in [-0.05, 0) is 54.6 Å². The quantitative estimate of drug-likeness (QED) is 0.228. The molecule has 0 atom stereocenters. The number of rotatable bonds is 4. The van der Waals surface area contributed by atoms with Crippen LogP contribution in [0.5, 0.6) is 0 Å². The van der Waals surface area contributed by atoms with Crippen LogP contribution in [0.4, 0.5) is 0 Å². The summed E-state index contributed by atoms with van der Waals surface area (Å²) in [5.74, 6) is 0.921. The highest BCUT2D eigenvalue weighted by Gasteiger charge is 2.21. The van der Waals surface area contributed by atoms with Gasteiger partial charge in [-0.2, -0.15) is 0 Å². The molecule has 190 valence electrons. The molecule has 40 heavy (non-hydrogen) atoms. The summed E-state index contributed by atoms with van der Waals surface area (Å²) in [6, 6.07) is 36.2. The molecule has 0 saturated heterocycles. The number of nitrogens with zero attached hydrogens (tertiary/aromatic N) is 5. The molecule has 6 heteroatoms. The van der Waals surface area contributed by atoms with Crippen LogP contribution in [0, 0.1) is 0 Å². The predicted octanol–water partition coefficient (Wildman–Crippen LogP) is 8.52. The molecular formula is C34H23N5S. The van der Waals surface area contributed by atoms with Crippen molar-refractivity contribution in [2.45, 2.75) is 0 Å². The maximum Gasteiger partial charge on any atom is 0.140 e. The fourth-order valence-electron chi connectivity index (χ4n) is 5.61. The van der Waals surface area contributed by atoms with Crippen molar-refractivity contribution in [2.24, 2.45) is 7.05 Å². The van der Waals surface area contributed by atoms with Crippen LogP contribution in [-0.2, 0) is 7.05 Å². The third-order valence-electron chi connectivity index (χ3n) is 7.46. The van der Waals surface area contributed by atoms with Gasteiger partial charge in [-0.15, -0.1) is 11.3 Å². The van der Waals surface area contributed by atoms with Crippen LogP contribution >= 0.6 is 11.3 Å². The van der Waals surface area contributed by atoms with E-state index in [0.29, 0.717) is 0 Å². The lowest BCUT2D eigenvalue weighted by atomic mass is 10.0.